The summed E-state index contributed by atoms with van der Waals surface area (Å²) in [5.41, 5.74) is -0.401. The third kappa shape index (κ3) is 3.72. The average molecular weight is 226 g/mol. The Morgan fingerprint density at radius 2 is 1.38 bits per heavy atom. The molecule has 0 saturated carbocycles. The fourth-order valence-corrected chi connectivity index (χ4v) is 2.72. The predicted octanol–water partition coefficient (Wildman–Crippen LogP) is 1.32. The molecule has 0 aromatic carbocycles. The lowest BCUT2D eigenvalue weighted by Crippen LogP contribution is -2.45. The highest BCUT2D eigenvalue weighted by Crippen LogP contribution is 2.20. The van der Waals surface area contributed by atoms with E-state index in [1.165, 1.54) is 45.4 Å². The Bertz CT molecular complexity index is 202. The van der Waals surface area contributed by atoms with Gasteiger partial charge in [0, 0.05) is 26.2 Å². The van der Waals surface area contributed by atoms with Crippen molar-refractivity contribution in [2.45, 2.75) is 44.6 Å². The molecule has 0 aliphatic carbocycles. The summed E-state index contributed by atoms with van der Waals surface area (Å²) in [5.74, 6) is 0. The molecule has 0 aromatic heterocycles. The second-order valence-corrected chi connectivity index (χ2v) is 5.74. The second-order valence-electron chi connectivity index (χ2n) is 5.74. The number of hydrogen-bond donors (Lipinski definition) is 1. The van der Waals surface area contributed by atoms with Crippen molar-refractivity contribution in [3.05, 3.63) is 0 Å². The fourth-order valence-electron chi connectivity index (χ4n) is 2.72. The molecule has 0 bridgehead atoms. The van der Waals surface area contributed by atoms with Crippen molar-refractivity contribution in [3.8, 4) is 0 Å². The van der Waals surface area contributed by atoms with Crippen LogP contribution in [0.5, 0.6) is 0 Å². The summed E-state index contributed by atoms with van der Waals surface area (Å²) in [7, 11) is 0. The van der Waals surface area contributed by atoms with E-state index in [-0.39, 0.29) is 0 Å². The van der Waals surface area contributed by atoms with Gasteiger partial charge in [-0.3, -0.25) is 0 Å². The molecule has 2 aliphatic rings. The molecule has 1 N–H and O–H groups in total. The molecule has 0 aromatic rings. The molecule has 0 unspecified atom stereocenters. The van der Waals surface area contributed by atoms with Gasteiger partial charge < -0.3 is 14.9 Å². The van der Waals surface area contributed by atoms with Crippen LogP contribution in [0.4, 0.5) is 0 Å². The third-order valence-electron chi connectivity index (χ3n) is 4.11. The molecule has 0 spiro atoms. The standard InChI is InChI=1S/C13H26N2O/c1-13(16)5-9-15(10-6-13)12-11-14-7-3-2-4-8-14/h16H,2-12H2,1H3. The van der Waals surface area contributed by atoms with Gasteiger partial charge in [-0.15, -0.1) is 0 Å². The number of hydrogen-bond acceptors (Lipinski definition) is 3. The zero-order valence-electron chi connectivity index (χ0n) is 10.6. The smallest absolute Gasteiger partial charge is 0.0644 e. The first kappa shape index (κ1) is 12.3. The van der Waals surface area contributed by atoms with E-state index in [1.54, 1.807) is 0 Å². The highest BCUT2D eigenvalue weighted by atomic mass is 16.3. The van der Waals surface area contributed by atoms with E-state index in [0.29, 0.717) is 0 Å². The molecule has 0 radical (unpaired) electrons. The molecule has 3 heteroatoms. The summed E-state index contributed by atoms with van der Waals surface area (Å²) < 4.78 is 0. The molecule has 0 atom stereocenters. The maximum atomic E-state index is 9.87. The van der Waals surface area contributed by atoms with E-state index in [0.717, 1.165) is 25.9 Å². The first-order chi connectivity index (χ1) is 7.66. The van der Waals surface area contributed by atoms with Crippen LogP contribution in [-0.2, 0) is 0 Å². The molecule has 0 amide bonds. The van der Waals surface area contributed by atoms with Crippen LogP contribution in [0.15, 0.2) is 0 Å². The van der Waals surface area contributed by atoms with Gasteiger partial charge in [0.15, 0.2) is 0 Å². The Kier molecular flexibility index (Phi) is 4.22. The summed E-state index contributed by atoms with van der Waals surface area (Å²) in [6.45, 7) is 9.12. The van der Waals surface area contributed by atoms with E-state index >= 15 is 0 Å². The summed E-state index contributed by atoms with van der Waals surface area (Å²) >= 11 is 0. The average Bonchev–Trinajstić information content (AvgIpc) is 2.29. The van der Waals surface area contributed by atoms with Crippen LogP contribution >= 0.6 is 0 Å². The van der Waals surface area contributed by atoms with Crippen molar-refractivity contribution in [2.24, 2.45) is 0 Å². The number of nitrogens with zero attached hydrogens (tertiary/aromatic N) is 2. The summed E-state index contributed by atoms with van der Waals surface area (Å²) in [4.78, 5) is 5.10. The number of aliphatic hydroxyl groups is 1. The third-order valence-corrected chi connectivity index (χ3v) is 4.11. The number of likely N-dealkylation sites (tertiary alicyclic amines) is 2. The molecular weight excluding hydrogens is 200 g/mol. The summed E-state index contributed by atoms with van der Waals surface area (Å²) in [6.07, 6.45) is 6.06. The molecule has 2 aliphatic heterocycles. The van der Waals surface area contributed by atoms with Gasteiger partial charge in [-0.05, 0) is 45.7 Å². The lowest BCUT2D eigenvalue weighted by atomic mass is 9.94. The monoisotopic (exact) mass is 226 g/mol. The lowest BCUT2D eigenvalue weighted by Gasteiger charge is -2.37. The van der Waals surface area contributed by atoms with Crippen molar-refractivity contribution in [1.82, 2.24) is 9.80 Å². The summed E-state index contributed by atoms with van der Waals surface area (Å²) in [6, 6.07) is 0. The first-order valence-electron chi connectivity index (χ1n) is 6.83. The predicted molar refractivity (Wildman–Crippen MR) is 66.6 cm³/mol. The van der Waals surface area contributed by atoms with Gasteiger partial charge in [0.05, 0.1) is 5.60 Å². The maximum Gasteiger partial charge on any atom is 0.0644 e. The van der Waals surface area contributed by atoms with Crippen LogP contribution in [0.25, 0.3) is 0 Å². The molecule has 3 nitrogen and oxygen atoms in total. The van der Waals surface area contributed by atoms with Crippen LogP contribution in [0.1, 0.15) is 39.0 Å². The highest BCUT2D eigenvalue weighted by molar-refractivity contribution is 4.82. The van der Waals surface area contributed by atoms with E-state index in [9.17, 15) is 5.11 Å². The van der Waals surface area contributed by atoms with Crippen molar-refractivity contribution < 1.29 is 5.11 Å². The van der Waals surface area contributed by atoms with Gasteiger partial charge in [0.1, 0.15) is 0 Å². The zero-order chi connectivity index (χ0) is 11.4. The lowest BCUT2D eigenvalue weighted by molar-refractivity contribution is -0.00736. The Hall–Kier alpha value is -0.120. The molecule has 2 saturated heterocycles. The van der Waals surface area contributed by atoms with Crippen molar-refractivity contribution in [2.75, 3.05) is 39.3 Å². The molecular formula is C13H26N2O. The quantitative estimate of drug-likeness (QED) is 0.786. The minimum absolute atomic E-state index is 0.401. The van der Waals surface area contributed by atoms with Gasteiger partial charge in [-0.1, -0.05) is 6.42 Å². The number of rotatable bonds is 3. The van der Waals surface area contributed by atoms with Gasteiger partial charge in [0.25, 0.3) is 0 Å². The SMILES string of the molecule is CC1(O)CCN(CCN2CCCCC2)CC1. The van der Waals surface area contributed by atoms with Crippen LogP contribution < -0.4 is 0 Å². The van der Waals surface area contributed by atoms with Crippen LogP contribution in [0.2, 0.25) is 0 Å². The topological polar surface area (TPSA) is 26.7 Å². The van der Waals surface area contributed by atoms with Gasteiger partial charge in [-0.25, -0.2) is 0 Å². The van der Waals surface area contributed by atoms with E-state index in [2.05, 4.69) is 9.80 Å². The summed E-state index contributed by atoms with van der Waals surface area (Å²) in [5, 5.41) is 9.87. The molecule has 2 heterocycles. The first-order valence-corrected chi connectivity index (χ1v) is 6.83. The van der Waals surface area contributed by atoms with Crippen molar-refractivity contribution in [1.29, 1.82) is 0 Å². The molecule has 94 valence electrons. The Balaban J connectivity index is 1.63. The van der Waals surface area contributed by atoms with Crippen LogP contribution in [0, 0.1) is 0 Å². The van der Waals surface area contributed by atoms with Crippen LogP contribution in [-0.4, -0.2) is 59.8 Å². The molecule has 2 fully saturated rings. The maximum absolute atomic E-state index is 9.87. The molecule has 16 heavy (non-hydrogen) atoms. The normalized spacial score (nSPS) is 28.1. The second kappa shape index (κ2) is 5.48. The van der Waals surface area contributed by atoms with Crippen molar-refractivity contribution in [3.63, 3.8) is 0 Å². The van der Waals surface area contributed by atoms with E-state index in [4.69, 9.17) is 0 Å². The Morgan fingerprint density at radius 3 is 1.94 bits per heavy atom. The highest BCUT2D eigenvalue weighted by Gasteiger charge is 2.27. The minimum Gasteiger partial charge on any atom is -0.390 e. The van der Waals surface area contributed by atoms with Crippen molar-refractivity contribution >= 4 is 0 Å². The van der Waals surface area contributed by atoms with E-state index in [1.807, 2.05) is 6.92 Å². The minimum atomic E-state index is -0.401. The zero-order valence-corrected chi connectivity index (χ0v) is 10.6. The largest absolute Gasteiger partial charge is 0.390 e. The Labute approximate surface area is 99.4 Å². The van der Waals surface area contributed by atoms with Gasteiger partial charge in [0.2, 0.25) is 0 Å². The molecule has 2 rings (SSSR count). The fraction of sp³-hybridized carbons (Fsp3) is 1.00. The van der Waals surface area contributed by atoms with Crippen LogP contribution in [0.3, 0.4) is 0 Å². The van der Waals surface area contributed by atoms with Gasteiger partial charge in [-0.2, -0.15) is 0 Å². The van der Waals surface area contributed by atoms with E-state index < -0.39 is 5.60 Å². The Morgan fingerprint density at radius 1 is 0.875 bits per heavy atom. The number of piperidine rings is 2. The van der Waals surface area contributed by atoms with Gasteiger partial charge >= 0.3 is 0 Å².